The summed E-state index contributed by atoms with van der Waals surface area (Å²) in [7, 11) is 0. The SMILES string of the molecule is Cc1cc(-c2ccc3c(c2)c2ccccc2n3-c2ccc3c(c2)-c2ncccc2C3(C)C)ccc1N(c1ccccc1)c1ccccn1. The van der Waals surface area contributed by atoms with Crippen molar-refractivity contribution in [2.24, 2.45) is 0 Å². The average Bonchev–Trinajstić information content (AvgIpc) is 3.58. The van der Waals surface area contributed by atoms with Crippen LogP contribution in [0, 0.1) is 6.92 Å². The fraction of sp³-hybridized carbons (Fsp3) is 0.0909. The molecular weight excluding hydrogens is 585 g/mol. The first kappa shape index (κ1) is 28.2. The summed E-state index contributed by atoms with van der Waals surface area (Å²) >= 11 is 0. The molecule has 0 aliphatic heterocycles. The van der Waals surface area contributed by atoms with E-state index in [4.69, 9.17) is 9.97 Å². The van der Waals surface area contributed by atoms with Crippen LogP contribution >= 0.6 is 0 Å². The van der Waals surface area contributed by atoms with Gasteiger partial charge in [-0.05, 0) is 108 Å². The highest BCUT2D eigenvalue weighted by atomic mass is 15.2. The van der Waals surface area contributed by atoms with Gasteiger partial charge in [0.2, 0.25) is 0 Å². The van der Waals surface area contributed by atoms with Crippen LogP contribution in [0.2, 0.25) is 0 Å². The molecule has 0 amide bonds. The second-order valence-corrected chi connectivity index (χ2v) is 13.2. The first-order valence-electron chi connectivity index (χ1n) is 16.5. The van der Waals surface area contributed by atoms with Gasteiger partial charge in [-0.1, -0.05) is 80.6 Å². The van der Waals surface area contributed by atoms with Crippen molar-refractivity contribution < 1.29 is 0 Å². The van der Waals surface area contributed by atoms with Gasteiger partial charge in [-0.25, -0.2) is 4.98 Å². The number of hydrogen-bond acceptors (Lipinski definition) is 3. The monoisotopic (exact) mass is 618 g/mol. The van der Waals surface area contributed by atoms with Crippen LogP contribution in [0.25, 0.3) is 49.9 Å². The lowest BCUT2D eigenvalue weighted by molar-refractivity contribution is 0.659. The third-order valence-corrected chi connectivity index (χ3v) is 10.0. The van der Waals surface area contributed by atoms with Gasteiger partial charge in [0, 0.05) is 45.5 Å². The van der Waals surface area contributed by atoms with Crippen molar-refractivity contribution in [1.82, 2.24) is 14.5 Å². The molecule has 230 valence electrons. The van der Waals surface area contributed by atoms with Crippen molar-refractivity contribution in [2.75, 3.05) is 4.90 Å². The fourth-order valence-corrected chi connectivity index (χ4v) is 7.66. The van der Waals surface area contributed by atoms with Crippen LogP contribution in [-0.4, -0.2) is 14.5 Å². The second-order valence-electron chi connectivity index (χ2n) is 13.2. The Balaban J connectivity index is 1.16. The molecule has 0 spiro atoms. The van der Waals surface area contributed by atoms with Crippen LogP contribution in [-0.2, 0) is 5.41 Å². The number of nitrogens with zero attached hydrogens (tertiary/aromatic N) is 4. The van der Waals surface area contributed by atoms with Gasteiger partial charge in [0.1, 0.15) is 5.82 Å². The maximum atomic E-state index is 4.83. The molecule has 0 saturated heterocycles. The third-order valence-electron chi connectivity index (χ3n) is 10.0. The van der Waals surface area contributed by atoms with E-state index >= 15 is 0 Å². The zero-order chi connectivity index (χ0) is 32.4. The molecule has 0 radical (unpaired) electrons. The number of para-hydroxylation sites is 2. The van der Waals surface area contributed by atoms with E-state index in [0.29, 0.717) is 0 Å². The van der Waals surface area contributed by atoms with E-state index in [1.54, 1.807) is 0 Å². The van der Waals surface area contributed by atoms with Crippen LogP contribution < -0.4 is 4.90 Å². The average molecular weight is 619 g/mol. The van der Waals surface area contributed by atoms with Gasteiger partial charge >= 0.3 is 0 Å². The molecule has 0 unspecified atom stereocenters. The van der Waals surface area contributed by atoms with Gasteiger partial charge in [-0.3, -0.25) is 9.88 Å². The Morgan fingerprint density at radius 2 is 1.33 bits per heavy atom. The molecule has 5 aromatic carbocycles. The van der Waals surface area contributed by atoms with Crippen molar-refractivity contribution in [3.05, 3.63) is 169 Å². The largest absolute Gasteiger partial charge is 0.309 e. The Hall–Kier alpha value is -6.00. The minimum Gasteiger partial charge on any atom is -0.309 e. The van der Waals surface area contributed by atoms with Crippen LogP contribution in [0.15, 0.2) is 152 Å². The molecule has 3 heterocycles. The molecule has 0 N–H and O–H groups in total. The number of anilines is 3. The van der Waals surface area contributed by atoms with Crippen molar-refractivity contribution in [1.29, 1.82) is 0 Å². The topological polar surface area (TPSA) is 34.0 Å². The number of hydrogen-bond donors (Lipinski definition) is 0. The van der Waals surface area contributed by atoms with E-state index in [-0.39, 0.29) is 5.41 Å². The van der Waals surface area contributed by atoms with Gasteiger partial charge in [-0.15, -0.1) is 0 Å². The second kappa shape index (κ2) is 10.8. The highest BCUT2D eigenvalue weighted by Crippen LogP contribution is 2.48. The van der Waals surface area contributed by atoms with Crippen molar-refractivity contribution in [3.8, 4) is 28.1 Å². The van der Waals surface area contributed by atoms with Crippen LogP contribution in [0.5, 0.6) is 0 Å². The highest BCUT2D eigenvalue weighted by Gasteiger charge is 2.36. The van der Waals surface area contributed by atoms with Crippen LogP contribution in [0.3, 0.4) is 0 Å². The number of fused-ring (bicyclic) bond motifs is 6. The van der Waals surface area contributed by atoms with Crippen LogP contribution in [0.4, 0.5) is 17.2 Å². The number of benzene rings is 5. The van der Waals surface area contributed by atoms with E-state index < -0.39 is 0 Å². The smallest absolute Gasteiger partial charge is 0.137 e. The maximum absolute atomic E-state index is 4.83. The van der Waals surface area contributed by atoms with Crippen molar-refractivity contribution in [3.63, 3.8) is 0 Å². The molecule has 0 atom stereocenters. The summed E-state index contributed by atoms with van der Waals surface area (Å²) in [6, 6.07) is 50.0. The summed E-state index contributed by atoms with van der Waals surface area (Å²) in [6.45, 7) is 6.78. The summed E-state index contributed by atoms with van der Waals surface area (Å²) in [6.07, 6.45) is 3.75. The van der Waals surface area contributed by atoms with Crippen molar-refractivity contribution in [2.45, 2.75) is 26.2 Å². The van der Waals surface area contributed by atoms with Gasteiger partial charge in [0.05, 0.1) is 22.4 Å². The highest BCUT2D eigenvalue weighted by molar-refractivity contribution is 6.10. The molecule has 0 saturated carbocycles. The summed E-state index contributed by atoms with van der Waals surface area (Å²) in [5.41, 5.74) is 14.1. The van der Waals surface area contributed by atoms with E-state index in [9.17, 15) is 0 Å². The Kier molecular flexibility index (Phi) is 6.34. The molecule has 4 nitrogen and oxygen atoms in total. The Bertz CT molecular complexity index is 2450. The zero-order valence-electron chi connectivity index (χ0n) is 27.2. The van der Waals surface area contributed by atoms with Gasteiger partial charge in [0.25, 0.3) is 0 Å². The minimum absolute atomic E-state index is 0.0728. The lowest BCUT2D eigenvalue weighted by Crippen LogP contribution is -2.15. The standard InChI is InChI=1S/C44H34N4/c1-29-26-30(18-22-39(29)48(32-12-5-4-6-13-32)42-17-9-10-24-45-42)31-19-23-41-35(27-31)34-14-7-8-16-40(34)47(41)33-20-21-37-36(28-33)43-38(44(37,2)3)15-11-25-46-43/h4-28H,1-3H3. The molecular formula is C44H34N4. The number of aryl methyl sites for hydroxylation is 1. The Morgan fingerprint density at radius 1 is 0.583 bits per heavy atom. The van der Waals surface area contributed by atoms with E-state index in [1.165, 1.54) is 55.2 Å². The molecule has 0 bridgehead atoms. The first-order chi connectivity index (χ1) is 23.5. The summed E-state index contributed by atoms with van der Waals surface area (Å²) in [5, 5.41) is 2.48. The molecule has 8 aromatic rings. The maximum Gasteiger partial charge on any atom is 0.137 e. The third kappa shape index (κ3) is 4.30. The lowest BCUT2D eigenvalue weighted by atomic mass is 9.83. The Labute approximate surface area is 280 Å². The normalized spacial score (nSPS) is 13.1. The number of pyridine rings is 2. The van der Waals surface area contributed by atoms with E-state index in [2.05, 4.69) is 145 Å². The predicted molar refractivity (Wildman–Crippen MR) is 199 cm³/mol. The summed E-state index contributed by atoms with van der Waals surface area (Å²) < 4.78 is 2.40. The van der Waals surface area contributed by atoms with E-state index in [0.717, 1.165) is 28.6 Å². The fourth-order valence-electron chi connectivity index (χ4n) is 7.66. The van der Waals surface area contributed by atoms with Crippen molar-refractivity contribution >= 4 is 39.0 Å². The Morgan fingerprint density at radius 3 is 2.17 bits per heavy atom. The predicted octanol–water partition coefficient (Wildman–Crippen LogP) is 11.3. The van der Waals surface area contributed by atoms with Gasteiger partial charge < -0.3 is 4.57 Å². The zero-order valence-corrected chi connectivity index (χ0v) is 27.2. The molecule has 48 heavy (non-hydrogen) atoms. The molecule has 9 rings (SSSR count). The first-order valence-corrected chi connectivity index (χ1v) is 16.5. The molecule has 1 aliphatic carbocycles. The molecule has 1 aliphatic rings. The van der Waals surface area contributed by atoms with E-state index in [1.807, 2.05) is 36.7 Å². The van der Waals surface area contributed by atoms with Crippen LogP contribution in [0.1, 0.15) is 30.5 Å². The van der Waals surface area contributed by atoms with Gasteiger partial charge in [-0.2, -0.15) is 0 Å². The molecule has 3 aromatic heterocycles. The lowest BCUT2D eigenvalue weighted by Gasteiger charge is -2.26. The summed E-state index contributed by atoms with van der Waals surface area (Å²) in [4.78, 5) is 11.8. The van der Waals surface area contributed by atoms with Gasteiger partial charge in [0.15, 0.2) is 0 Å². The molecule has 0 fully saturated rings. The number of aromatic nitrogens is 3. The minimum atomic E-state index is -0.0728. The summed E-state index contributed by atoms with van der Waals surface area (Å²) in [5.74, 6) is 0.892. The quantitative estimate of drug-likeness (QED) is 0.192. The molecule has 4 heteroatoms. The number of rotatable bonds is 5.